The molecule has 4 aromatic rings. The van der Waals surface area contributed by atoms with Gasteiger partial charge in [0.1, 0.15) is 18.1 Å². The number of ketones is 1. The molecule has 3 aromatic carbocycles. The summed E-state index contributed by atoms with van der Waals surface area (Å²) in [4.78, 5) is 27.2. The van der Waals surface area contributed by atoms with Crippen molar-refractivity contribution in [2.24, 2.45) is 0 Å². The van der Waals surface area contributed by atoms with Crippen molar-refractivity contribution in [2.75, 3.05) is 7.11 Å². The third-order valence-corrected chi connectivity index (χ3v) is 7.05. The van der Waals surface area contributed by atoms with Gasteiger partial charge in [0, 0.05) is 24.8 Å². The van der Waals surface area contributed by atoms with Gasteiger partial charge >= 0.3 is 0 Å². The van der Waals surface area contributed by atoms with Crippen molar-refractivity contribution in [3.8, 4) is 28.5 Å². The number of methoxy groups -OCH3 is 1. The van der Waals surface area contributed by atoms with Crippen molar-refractivity contribution in [3.63, 3.8) is 0 Å². The molecule has 6 rings (SSSR count). The van der Waals surface area contributed by atoms with Crippen LogP contribution in [-0.4, -0.2) is 28.5 Å². The molecule has 2 aliphatic rings. The number of hydrogen-bond donors (Lipinski definition) is 0. The Hall–Kier alpha value is -4.20. The molecule has 0 bridgehead atoms. The van der Waals surface area contributed by atoms with E-state index in [0.717, 1.165) is 5.56 Å². The Bertz CT molecular complexity index is 1640. The zero-order chi connectivity index (χ0) is 25.9. The second-order valence-electron chi connectivity index (χ2n) is 10.0. The van der Waals surface area contributed by atoms with E-state index < -0.39 is 22.6 Å². The van der Waals surface area contributed by atoms with Gasteiger partial charge in [-0.3, -0.25) is 9.59 Å². The number of ether oxygens (including phenoxy) is 3. The van der Waals surface area contributed by atoms with Crippen LogP contribution in [0.4, 0.5) is 4.39 Å². The second kappa shape index (κ2) is 8.16. The standard InChI is InChI=1S/C29H25FN2O5/c1-28(2)36-23-10-7-18(14-24(23)37-28)29(11-12-29)25(33)16-32-27(34)22-15-20(35-3)8-9-21(22)26(31-32)17-5-4-6-19(30)13-17/h4-10,13-15H,11-12,16H2,1-3H3. The maximum atomic E-state index is 14.1. The molecule has 0 spiro atoms. The van der Waals surface area contributed by atoms with E-state index in [1.807, 2.05) is 32.0 Å². The number of carbonyl (C=O) groups excluding carboxylic acids is 1. The van der Waals surface area contributed by atoms with Gasteiger partial charge in [0.25, 0.3) is 5.56 Å². The molecule has 1 aliphatic carbocycles. The smallest absolute Gasteiger partial charge is 0.275 e. The minimum Gasteiger partial charge on any atom is -0.497 e. The second-order valence-corrected chi connectivity index (χ2v) is 10.0. The SMILES string of the molecule is COc1ccc2c(-c3cccc(F)c3)nn(CC(=O)C3(c4ccc5c(c4)OC(C)(C)O5)CC3)c(=O)c2c1. The number of aromatic nitrogens is 2. The molecule has 37 heavy (non-hydrogen) atoms. The van der Waals surface area contributed by atoms with Crippen LogP contribution in [0.15, 0.2) is 65.5 Å². The minimum absolute atomic E-state index is 0.118. The lowest BCUT2D eigenvalue weighted by molar-refractivity contribution is -0.122. The predicted molar refractivity (Wildman–Crippen MR) is 136 cm³/mol. The van der Waals surface area contributed by atoms with Gasteiger partial charge in [0.05, 0.1) is 23.6 Å². The molecule has 0 radical (unpaired) electrons. The molecule has 0 saturated heterocycles. The Kier molecular flexibility index (Phi) is 5.12. The Morgan fingerprint density at radius 1 is 1.03 bits per heavy atom. The molecule has 0 unspecified atom stereocenters. The summed E-state index contributed by atoms with van der Waals surface area (Å²) in [6.45, 7) is 3.44. The summed E-state index contributed by atoms with van der Waals surface area (Å²) in [5.74, 6) is 0.436. The quantitative estimate of drug-likeness (QED) is 0.370. The van der Waals surface area contributed by atoms with Crippen LogP contribution >= 0.6 is 0 Å². The highest BCUT2D eigenvalue weighted by molar-refractivity contribution is 5.96. The van der Waals surface area contributed by atoms with Gasteiger partial charge in [-0.25, -0.2) is 9.07 Å². The molecule has 1 aliphatic heterocycles. The van der Waals surface area contributed by atoms with Crippen molar-refractivity contribution < 1.29 is 23.4 Å². The fourth-order valence-electron chi connectivity index (χ4n) is 5.01. The maximum Gasteiger partial charge on any atom is 0.275 e. The van der Waals surface area contributed by atoms with E-state index >= 15 is 0 Å². The Balaban J connectivity index is 1.41. The Labute approximate surface area is 212 Å². The van der Waals surface area contributed by atoms with Crippen molar-refractivity contribution in [1.29, 1.82) is 0 Å². The summed E-state index contributed by atoms with van der Waals surface area (Å²) in [5, 5.41) is 5.45. The topological polar surface area (TPSA) is 79.7 Å². The van der Waals surface area contributed by atoms with Crippen LogP contribution in [0.25, 0.3) is 22.0 Å². The number of Topliss-reactive ketones (excluding diaryl/α,β-unsaturated/α-hetero) is 1. The van der Waals surface area contributed by atoms with E-state index in [2.05, 4.69) is 5.10 Å². The summed E-state index contributed by atoms with van der Waals surface area (Å²) >= 11 is 0. The summed E-state index contributed by atoms with van der Waals surface area (Å²) in [5.41, 5.74) is 0.633. The molecule has 0 atom stereocenters. The highest BCUT2D eigenvalue weighted by Crippen LogP contribution is 2.52. The lowest BCUT2D eigenvalue weighted by Gasteiger charge is -2.17. The first-order valence-corrected chi connectivity index (χ1v) is 12.1. The largest absolute Gasteiger partial charge is 0.497 e. The number of halogens is 1. The first kappa shape index (κ1) is 23.2. The van der Waals surface area contributed by atoms with Crippen LogP contribution in [0.3, 0.4) is 0 Å². The van der Waals surface area contributed by atoms with E-state index in [4.69, 9.17) is 14.2 Å². The summed E-state index contributed by atoms with van der Waals surface area (Å²) in [6, 6.07) is 16.6. The van der Waals surface area contributed by atoms with E-state index in [1.54, 1.807) is 30.3 Å². The number of hydrogen-bond acceptors (Lipinski definition) is 6. The fraction of sp³-hybridized carbons (Fsp3) is 0.276. The fourth-order valence-corrected chi connectivity index (χ4v) is 5.01. The third-order valence-electron chi connectivity index (χ3n) is 7.05. The van der Waals surface area contributed by atoms with Gasteiger partial charge < -0.3 is 14.2 Å². The maximum absolute atomic E-state index is 14.1. The molecule has 8 heteroatoms. The lowest BCUT2D eigenvalue weighted by atomic mass is 9.91. The van der Waals surface area contributed by atoms with Crippen molar-refractivity contribution in [3.05, 3.63) is 82.4 Å². The summed E-state index contributed by atoms with van der Waals surface area (Å²) in [6.07, 6.45) is 1.34. The van der Waals surface area contributed by atoms with E-state index in [1.165, 1.54) is 23.9 Å². The van der Waals surface area contributed by atoms with Gasteiger partial charge in [0.2, 0.25) is 5.79 Å². The molecule has 0 amide bonds. The van der Waals surface area contributed by atoms with Crippen LogP contribution in [0.5, 0.6) is 17.2 Å². The molecule has 2 heterocycles. The lowest BCUT2D eigenvalue weighted by Crippen LogP contribution is -2.32. The molecule has 1 fully saturated rings. The molecular weight excluding hydrogens is 475 g/mol. The molecular formula is C29H25FN2O5. The third kappa shape index (κ3) is 3.93. The zero-order valence-corrected chi connectivity index (χ0v) is 20.7. The number of fused-ring (bicyclic) bond motifs is 2. The van der Waals surface area contributed by atoms with Crippen LogP contribution in [0.1, 0.15) is 32.3 Å². The normalized spacial score (nSPS) is 16.5. The predicted octanol–water partition coefficient (Wildman–Crippen LogP) is 5.02. The van der Waals surface area contributed by atoms with Crippen molar-refractivity contribution >= 4 is 16.6 Å². The monoisotopic (exact) mass is 500 g/mol. The van der Waals surface area contributed by atoms with Gasteiger partial charge in [-0.15, -0.1) is 0 Å². The number of benzene rings is 3. The van der Waals surface area contributed by atoms with Crippen LogP contribution in [0.2, 0.25) is 0 Å². The Morgan fingerprint density at radius 3 is 2.54 bits per heavy atom. The number of carbonyl (C=O) groups is 1. The highest BCUT2D eigenvalue weighted by atomic mass is 19.1. The van der Waals surface area contributed by atoms with Crippen LogP contribution in [0, 0.1) is 5.82 Å². The highest BCUT2D eigenvalue weighted by Gasteiger charge is 2.51. The van der Waals surface area contributed by atoms with Crippen molar-refractivity contribution in [1.82, 2.24) is 9.78 Å². The van der Waals surface area contributed by atoms with Gasteiger partial charge in [-0.1, -0.05) is 18.2 Å². The molecule has 0 N–H and O–H groups in total. The molecule has 188 valence electrons. The zero-order valence-electron chi connectivity index (χ0n) is 20.7. The van der Waals surface area contributed by atoms with E-state index in [9.17, 15) is 14.0 Å². The molecule has 7 nitrogen and oxygen atoms in total. The summed E-state index contributed by atoms with van der Waals surface area (Å²) < 4.78 is 32.2. The molecule has 1 saturated carbocycles. The average molecular weight is 501 g/mol. The first-order valence-electron chi connectivity index (χ1n) is 12.1. The number of nitrogens with zero attached hydrogens (tertiary/aromatic N) is 2. The van der Waals surface area contributed by atoms with Gasteiger partial charge in [-0.05, 0) is 60.9 Å². The first-order chi connectivity index (χ1) is 17.7. The number of rotatable bonds is 6. The van der Waals surface area contributed by atoms with Gasteiger partial charge in [-0.2, -0.15) is 5.10 Å². The van der Waals surface area contributed by atoms with E-state index in [-0.39, 0.29) is 12.3 Å². The van der Waals surface area contributed by atoms with E-state index in [0.29, 0.717) is 52.1 Å². The van der Waals surface area contributed by atoms with Crippen LogP contribution in [-0.2, 0) is 16.8 Å². The average Bonchev–Trinajstić information content (AvgIpc) is 3.62. The summed E-state index contributed by atoms with van der Waals surface area (Å²) in [7, 11) is 1.52. The Morgan fingerprint density at radius 2 is 1.81 bits per heavy atom. The van der Waals surface area contributed by atoms with Gasteiger partial charge in [0.15, 0.2) is 17.3 Å². The van der Waals surface area contributed by atoms with Crippen molar-refractivity contribution in [2.45, 2.75) is 44.4 Å². The molecule has 1 aromatic heterocycles. The minimum atomic E-state index is -0.766. The van der Waals surface area contributed by atoms with Crippen LogP contribution < -0.4 is 19.8 Å².